The number of primary amides is 1. The van der Waals surface area contributed by atoms with Gasteiger partial charge in [-0.25, -0.2) is 0 Å². The zero-order valence-electron chi connectivity index (χ0n) is 16.9. The van der Waals surface area contributed by atoms with Crippen molar-refractivity contribution in [2.45, 2.75) is 47.4 Å². The Labute approximate surface area is 179 Å². The van der Waals surface area contributed by atoms with Crippen molar-refractivity contribution in [3.05, 3.63) is 48.0 Å². The fraction of sp³-hybridized carbons (Fsp3) is 0.435. The number of amides is 1. The van der Waals surface area contributed by atoms with Gasteiger partial charge in [-0.3, -0.25) is 0 Å². The van der Waals surface area contributed by atoms with Gasteiger partial charge in [0.15, 0.2) is 0 Å². The molecule has 0 bridgehead atoms. The van der Waals surface area contributed by atoms with Crippen molar-refractivity contribution in [2.75, 3.05) is 13.4 Å². The Hall–Kier alpha value is -1.38. The molecule has 2 aromatic carbocycles. The Kier molecular flexibility index (Phi) is 7.17. The molecule has 28 heavy (non-hydrogen) atoms. The van der Waals surface area contributed by atoms with Crippen LogP contribution in [0.2, 0.25) is 10.4 Å². The summed E-state index contributed by atoms with van der Waals surface area (Å²) >= 11 is 2.12. The summed E-state index contributed by atoms with van der Waals surface area (Å²) in [5, 5.41) is 0. The minimum atomic E-state index is -0.443. The molecule has 1 aliphatic rings. The molecule has 3 rings (SSSR count). The van der Waals surface area contributed by atoms with E-state index in [0.717, 1.165) is 47.3 Å². The summed E-state index contributed by atoms with van der Waals surface area (Å²) in [4.78, 5) is 13.7. The SMILES string of the molecule is COc1ccc(-c2ccc(SC)cc2)cc1CC1(C(N)=O)CCC([As]C)CC1. The molecule has 5 heteroatoms. The fourth-order valence-corrected chi connectivity index (χ4v) is 6.20. The molecule has 0 heterocycles. The van der Waals surface area contributed by atoms with Crippen LogP contribution in [0.3, 0.4) is 0 Å². The van der Waals surface area contributed by atoms with E-state index in [1.54, 1.807) is 18.9 Å². The van der Waals surface area contributed by atoms with Gasteiger partial charge >= 0.3 is 162 Å². The van der Waals surface area contributed by atoms with E-state index in [0.29, 0.717) is 22.2 Å². The molecule has 0 aromatic heterocycles. The fourth-order valence-electron chi connectivity index (χ4n) is 4.17. The molecule has 2 aromatic rings. The van der Waals surface area contributed by atoms with Crippen molar-refractivity contribution in [1.29, 1.82) is 0 Å². The quantitative estimate of drug-likeness (QED) is 0.458. The van der Waals surface area contributed by atoms with E-state index >= 15 is 0 Å². The van der Waals surface area contributed by atoms with Crippen LogP contribution in [-0.4, -0.2) is 35.0 Å². The Morgan fingerprint density at radius 3 is 2.36 bits per heavy atom. The van der Waals surface area contributed by atoms with Gasteiger partial charge in [0.1, 0.15) is 0 Å². The van der Waals surface area contributed by atoms with Crippen molar-refractivity contribution >= 4 is 33.4 Å². The molecule has 1 fully saturated rings. The third-order valence-electron chi connectivity index (χ3n) is 6.03. The number of hydrogen-bond donors (Lipinski definition) is 1. The van der Waals surface area contributed by atoms with Crippen LogP contribution in [0.1, 0.15) is 31.2 Å². The van der Waals surface area contributed by atoms with Gasteiger partial charge in [-0.05, 0) is 6.26 Å². The average Bonchev–Trinajstić information content (AvgIpc) is 2.74. The monoisotopic (exact) mass is 458 g/mol. The summed E-state index contributed by atoms with van der Waals surface area (Å²) in [6.07, 6.45) is 6.78. The topological polar surface area (TPSA) is 52.3 Å². The number of carbonyl (C=O) groups excluding carboxylic acids is 1. The van der Waals surface area contributed by atoms with E-state index in [4.69, 9.17) is 10.5 Å². The van der Waals surface area contributed by atoms with Crippen molar-refractivity contribution in [3.63, 3.8) is 0 Å². The first-order valence-electron chi connectivity index (χ1n) is 9.71. The summed E-state index contributed by atoms with van der Waals surface area (Å²) in [5.74, 6) is 0.684. The third-order valence-corrected chi connectivity index (χ3v) is 9.39. The molecule has 1 radical (unpaired) electrons. The molecule has 3 nitrogen and oxygen atoms in total. The second kappa shape index (κ2) is 9.41. The molecule has 0 aliphatic heterocycles. The van der Waals surface area contributed by atoms with Crippen molar-refractivity contribution < 1.29 is 9.53 Å². The normalized spacial score (nSPS) is 22.5. The van der Waals surface area contributed by atoms with Crippen LogP contribution in [-0.2, 0) is 11.2 Å². The van der Waals surface area contributed by atoms with Gasteiger partial charge in [0.2, 0.25) is 0 Å². The molecule has 149 valence electrons. The van der Waals surface area contributed by atoms with Crippen LogP contribution in [0, 0.1) is 5.41 Å². The number of rotatable bonds is 7. The van der Waals surface area contributed by atoms with Gasteiger partial charge in [-0.2, -0.15) is 0 Å². The van der Waals surface area contributed by atoms with Gasteiger partial charge in [0.05, 0.1) is 0 Å². The number of thioether (sulfide) groups is 1. The molecule has 1 amide bonds. The van der Waals surface area contributed by atoms with E-state index in [9.17, 15) is 4.79 Å². The number of nitrogens with two attached hydrogens (primary N) is 1. The molecule has 0 unspecified atom stereocenters. The summed E-state index contributed by atoms with van der Waals surface area (Å²) < 4.78 is 6.44. The molecular weight excluding hydrogens is 429 g/mol. The molecular formula is C23H29AsNO2S. The second-order valence-electron chi connectivity index (χ2n) is 7.57. The number of ether oxygens (including phenoxy) is 1. The van der Waals surface area contributed by atoms with Crippen LogP contribution in [0.4, 0.5) is 0 Å². The molecule has 0 saturated heterocycles. The Bertz CT molecular complexity index is 814. The molecule has 1 saturated carbocycles. The number of hydrogen-bond acceptors (Lipinski definition) is 3. The van der Waals surface area contributed by atoms with E-state index in [1.165, 1.54) is 10.5 Å². The van der Waals surface area contributed by atoms with Gasteiger partial charge in [-0.1, -0.05) is 0 Å². The van der Waals surface area contributed by atoms with E-state index < -0.39 is 5.41 Å². The van der Waals surface area contributed by atoms with Crippen molar-refractivity contribution in [3.8, 4) is 16.9 Å². The maximum absolute atomic E-state index is 12.5. The first kappa shape index (κ1) is 21.3. The van der Waals surface area contributed by atoms with E-state index in [-0.39, 0.29) is 5.91 Å². The number of methoxy groups -OCH3 is 1. The van der Waals surface area contributed by atoms with Gasteiger partial charge in [0, 0.05) is 0 Å². The standard InChI is InChI=1S/C23H29AsNO2S/c1-24-19-10-12-23(13-11-19,22(25)26)15-18-14-17(6-9-21(18)27-2)16-4-7-20(28-3)8-5-16/h4-9,14,19H,10-13,15H2,1-3H3,(H2,25,26). The van der Waals surface area contributed by atoms with Crippen LogP contribution < -0.4 is 10.5 Å². The van der Waals surface area contributed by atoms with Crippen LogP contribution in [0.15, 0.2) is 47.4 Å². The first-order chi connectivity index (χ1) is 13.5. The Morgan fingerprint density at radius 2 is 1.82 bits per heavy atom. The molecule has 0 atom stereocenters. The van der Waals surface area contributed by atoms with Crippen molar-refractivity contribution in [1.82, 2.24) is 0 Å². The summed E-state index contributed by atoms with van der Waals surface area (Å²) in [5.41, 5.74) is 11.2. The van der Waals surface area contributed by atoms with Crippen LogP contribution in [0.5, 0.6) is 5.75 Å². The van der Waals surface area contributed by atoms with Gasteiger partial charge in [0.25, 0.3) is 0 Å². The Balaban J connectivity index is 1.91. The van der Waals surface area contributed by atoms with Crippen LogP contribution >= 0.6 is 11.8 Å². The molecule has 1 aliphatic carbocycles. The Morgan fingerprint density at radius 1 is 1.18 bits per heavy atom. The predicted octanol–water partition coefficient (Wildman–Crippen LogP) is 5.21. The summed E-state index contributed by atoms with van der Waals surface area (Å²) in [6, 6.07) is 14.9. The second-order valence-corrected chi connectivity index (χ2v) is 11.1. The third kappa shape index (κ3) is 4.60. The minimum absolute atomic E-state index is 0.157. The zero-order valence-corrected chi connectivity index (χ0v) is 19.6. The summed E-state index contributed by atoms with van der Waals surface area (Å²) in [6.45, 7) is 0. The van der Waals surface area contributed by atoms with Crippen LogP contribution in [0.25, 0.3) is 11.1 Å². The number of carbonyl (C=O) groups is 1. The van der Waals surface area contributed by atoms with E-state index in [2.05, 4.69) is 48.4 Å². The number of benzene rings is 2. The zero-order chi connectivity index (χ0) is 20.1. The summed E-state index contributed by atoms with van der Waals surface area (Å²) in [7, 11) is 1.69. The predicted molar refractivity (Wildman–Crippen MR) is 119 cm³/mol. The maximum atomic E-state index is 12.5. The molecule has 0 spiro atoms. The van der Waals surface area contributed by atoms with E-state index in [1.807, 2.05) is 6.07 Å². The van der Waals surface area contributed by atoms with Crippen molar-refractivity contribution in [2.24, 2.45) is 11.1 Å². The average molecular weight is 458 g/mol. The van der Waals surface area contributed by atoms with Gasteiger partial charge < -0.3 is 0 Å². The van der Waals surface area contributed by atoms with Gasteiger partial charge in [-0.15, -0.1) is 11.8 Å². The first-order valence-corrected chi connectivity index (χ1v) is 13.9. The molecule has 2 N–H and O–H groups in total.